The number of nitrogens with one attached hydrogen (secondary N) is 1. The summed E-state index contributed by atoms with van der Waals surface area (Å²) in [5, 5.41) is 13.7. The molecule has 2 heterocycles. The van der Waals surface area contributed by atoms with Crippen LogP contribution in [0.3, 0.4) is 0 Å². The number of nitro benzene ring substituents is 1. The van der Waals surface area contributed by atoms with Gasteiger partial charge in [0, 0.05) is 18.3 Å². The Morgan fingerprint density at radius 2 is 2.08 bits per heavy atom. The van der Waals surface area contributed by atoms with Crippen LogP contribution in [0.15, 0.2) is 18.2 Å². The van der Waals surface area contributed by atoms with Crippen molar-refractivity contribution < 1.29 is 19.2 Å². The van der Waals surface area contributed by atoms with E-state index in [1.807, 2.05) is 0 Å². The minimum atomic E-state index is -0.581. The number of likely N-dealkylation sites (tertiary alicyclic amines) is 1. The van der Waals surface area contributed by atoms with Crippen LogP contribution in [0.5, 0.6) is 0 Å². The van der Waals surface area contributed by atoms with Gasteiger partial charge in [0.05, 0.1) is 24.2 Å². The zero-order valence-corrected chi connectivity index (χ0v) is 13.7. The van der Waals surface area contributed by atoms with Crippen molar-refractivity contribution in [2.24, 2.45) is 0 Å². The fourth-order valence-corrected chi connectivity index (χ4v) is 3.20. The van der Waals surface area contributed by atoms with Crippen molar-refractivity contribution in [1.82, 2.24) is 4.90 Å². The third-order valence-electron chi connectivity index (χ3n) is 4.17. The number of hydrogen-bond donors (Lipinski definition) is 1. The van der Waals surface area contributed by atoms with Gasteiger partial charge in [-0.3, -0.25) is 10.1 Å². The van der Waals surface area contributed by atoms with Gasteiger partial charge in [-0.15, -0.1) is 0 Å². The molecule has 24 heavy (non-hydrogen) atoms. The van der Waals surface area contributed by atoms with E-state index in [0.717, 1.165) is 19.3 Å². The summed E-state index contributed by atoms with van der Waals surface area (Å²) in [6.45, 7) is 1.65. The Morgan fingerprint density at radius 3 is 2.79 bits per heavy atom. The highest BCUT2D eigenvalue weighted by Crippen LogP contribution is 2.29. The van der Waals surface area contributed by atoms with Crippen molar-refractivity contribution in [2.45, 2.75) is 31.6 Å². The number of nitrogens with zero attached hydrogens (tertiary/aromatic N) is 2. The highest BCUT2D eigenvalue weighted by molar-refractivity contribution is 6.32. The van der Waals surface area contributed by atoms with Crippen molar-refractivity contribution >= 4 is 29.0 Å². The lowest BCUT2D eigenvalue weighted by molar-refractivity contribution is -0.384. The second-order valence-corrected chi connectivity index (χ2v) is 6.13. The number of amides is 2. The molecule has 2 aliphatic heterocycles. The second-order valence-electron chi connectivity index (χ2n) is 5.72. The Morgan fingerprint density at radius 1 is 1.33 bits per heavy atom. The second kappa shape index (κ2) is 7.33. The molecule has 0 radical (unpaired) electrons. The predicted octanol–water partition coefficient (Wildman–Crippen LogP) is 3.01. The van der Waals surface area contributed by atoms with Crippen molar-refractivity contribution in [3.05, 3.63) is 33.3 Å². The number of halogens is 1. The Labute approximate surface area is 143 Å². The third kappa shape index (κ3) is 3.61. The summed E-state index contributed by atoms with van der Waals surface area (Å²) in [4.78, 5) is 24.7. The monoisotopic (exact) mass is 355 g/mol. The van der Waals surface area contributed by atoms with Gasteiger partial charge in [-0.25, -0.2) is 4.79 Å². The first-order valence-corrected chi connectivity index (χ1v) is 8.19. The Kier molecular flexibility index (Phi) is 5.17. The minimum Gasteiger partial charge on any atom is -0.348 e. The molecule has 8 nitrogen and oxygen atoms in total. The number of nitro groups is 1. The van der Waals surface area contributed by atoms with Crippen molar-refractivity contribution in [3.8, 4) is 0 Å². The molecule has 0 aliphatic carbocycles. The van der Waals surface area contributed by atoms with Crippen LogP contribution >= 0.6 is 11.6 Å². The van der Waals surface area contributed by atoms with E-state index in [-0.39, 0.29) is 22.8 Å². The molecule has 1 aromatic rings. The summed E-state index contributed by atoms with van der Waals surface area (Å²) in [5.41, 5.74) is 0.0841. The maximum atomic E-state index is 12.6. The molecule has 0 aromatic heterocycles. The lowest BCUT2D eigenvalue weighted by Gasteiger charge is -2.37. The number of hydrogen-bond acceptors (Lipinski definition) is 5. The molecule has 1 aromatic carbocycles. The molecule has 0 saturated carbocycles. The summed E-state index contributed by atoms with van der Waals surface area (Å²) < 4.78 is 11.1. The molecule has 1 N–H and O–H groups in total. The lowest BCUT2D eigenvalue weighted by Crippen LogP contribution is -2.51. The third-order valence-corrected chi connectivity index (χ3v) is 4.49. The standard InChI is InChI=1S/C15H18ClN3O5/c16-11-5-4-10(9-13(11)19(21)22)17-15(20)18-6-2-1-3-12(18)14-23-7-8-24-14/h4-5,9,12,14H,1-3,6-8H2,(H,17,20). The summed E-state index contributed by atoms with van der Waals surface area (Å²) >= 11 is 5.79. The molecule has 1 atom stereocenters. The Bertz CT molecular complexity index is 636. The largest absolute Gasteiger partial charge is 0.348 e. The number of rotatable bonds is 3. The highest BCUT2D eigenvalue weighted by Gasteiger charge is 2.36. The van der Waals surface area contributed by atoms with Crippen LogP contribution in [0.1, 0.15) is 19.3 Å². The van der Waals surface area contributed by atoms with E-state index in [2.05, 4.69) is 5.32 Å². The smallest absolute Gasteiger partial charge is 0.322 e. The van der Waals surface area contributed by atoms with Crippen LogP contribution in [0.25, 0.3) is 0 Å². The van der Waals surface area contributed by atoms with E-state index >= 15 is 0 Å². The summed E-state index contributed by atoms with van der Waals surface area (Å²) in [5.74, 6) is 0. The van der Waals surface area contributed by atoms with Crippen LogP contribution in [0, 0.1) is 10.1 Å². The molecule has 1 unspecified atom stereocenters. The van der Waals surface area contributed by atoms with Gasteiger partial charge >= 0.3 is 6.03 Å². The van der Waals surface area contributed by atoms with E-state index in [4.69, 9.17) is 21.1 Å². The van der Waals surface area contributed by atoms with Crippen LogP contribution < -0.4 is 5.32 Å². The van der Waals surface area contributed by atoms with Gasteiger partial charge in [0.1, 0.15) is 5.02 Å². The van der Waals surface area contributed by atoms with Gasteiger partial charge in [0.2, 0.25) is 0 Å². The van der Waals surface area contributed by atoms with Gasteiger partial charge in [-0.2, -0.15) is 0 Å². The van der Waals surface area contributed by atoms with Crippen LogP contribution in [-0.4, -0.2) is 47.9 Å². The zero-order chi connectivity index (χ0) is 17.1. The normalized spacial score (nSPS) is 21.7. The fourth-order valence-electron chi connectivity index (χ4n) is 3.02. The quantitative estimate of drug-likeness (QED) is 0.664. The van der Waals surface area contributed by atoms with Gasteiger partial charge in [0.15, 0.2) is 6.29 Å². The minimum absolute atomic E-state index is 0.0293. The topological polar surface area (TPSA) is 93.9 Å². The van der Waals surface area contributed by atoms with E-state index in [9.17, 15) is 14.9 Å². The van der Waals surface area contributed by atoms with Gasteiger partial charge in [-0.05, 0) is 31.4 Å². The van der Waals surface area contributed by atoms with Crippen molar-refractivity contribution in [2.75, 3.05) is 25.1 Å². The fraction of sp³-hybridized carbons (Fsp3) is 0.533. The molecule has 2 saturated heterocycles. The van der Waals surface area contributed by atoms with Gasteiger partial charge in [0.25, 0.3) is 5.69 Å². The molecule has 2 fully saturated rings. The molecular weight excluding hydrogens is 338 g/mol. The van der Waals surface area contributed by atoms with Crippen molar-refractivity contribution in [3.63, 3.8) is 0 Å². The van der Waals surface area contributed by atoms with Gasteiger partial charge in [-0.1, -0.05) is 11.6 Å². The first-order chi connectivity index (χ1) is 11.6. The molecule has 3 rings (SSSR count). The maximum Gasteiger partial charge on any atom is 0.322 e. The molecular formula is C15H18ClN3O5. The summed E-state index contributed by atoms with van der Waals surface area (Å²) in [6.07, 6.45) is 2.30. The SMILES string of the molecule is O=C(Nc1ccc(Cl)c([N+](=O)[O-])c1)N1CCCCC1C1OCCO1. The van der Waals surface area contributed by atoms with Crippen LogP contribution in [-0.2, 0) is 9.47 Å². The number of urea groups is 1. The summed E-state index contributed by atoms with van der Waals surface area (Å²) in [6, 6.07) is 3.71. The Hall–Kier alpha value is -1.90. The van der Waals surface area contributed by atoms with E-state index in [1.165, 1.54) is 18.2 Å². The average molecular weight is 356 g/mol. The van der Waals surface area contributed by atoms with Crippen LogP contribution in [0.2, 0.25) is 5.02 Å². The number of anilines is 1. The number of piperidine rings is 1. The molecule has 2 amide bonds. The lowest BCUT2D eigenvalue weighted by atomic mass is 10.0. The zero-order valence-electron chi connectivity index (χ0n) is 12.9. The van der Waals surface area contributed by atoms with E-state index < -0.39 is 11.2 Å². The molecule has 0 bridgehead atoms. The van der Waals surface area contributed by atoms with E-state index in [1.54, 1.807) is 4.90 Å². The maximum absolute atomic E-state index is 12.6. The van der Waals surface area contributed by atoms with E-state index in [0.29, 0.717) is 25.4 Å². The first kappa shape index (κ1) is 16.9. The van der Waals surface area contributed by atoms with Crippen LogP contribution in [0.4, 0.5) is 16.2 Å². The Balaban J connectivity index is 1.73. The average Bonchev–Trinajstić information content (AvgIpc) is 3.10. The summed E-state index contributed by atoms with van der Waals surface area (Å²) in [7, 11) is 0. The predicted molar refractivity (Wildman–Crippen MR) is 87.2 cm³/mol. The molecule has 130 valence electrons. The molecule has 2 aliphatic rings. The number of carbonyl (C=O) groups excluding carboxylic acids is 1. The molecule has 9 heteroatoms. The highest BCUT2D eigenvalue weighted by atomic mass is 35.5. The molecule has 0 spiro atoms. The number of ether oxygens (including phenoxy) is 2. The van der Waals surface area contributed by atoms with Crippen molar-refractivity contribution in [1.29, 1.82) is 0 Å². The number of carbonyl (C=O) groups is 1. The van der Waals surface area contributed by atoms with Gasteiger partial charge < -0.3 is 19.7 Å². The number of benzene rings is 1. The first-order valence-electron chi connectivity index (χ1n) is 7.81.